The third-order valence-corrected chi connectivity index (χ3v) is 3.02. The van der Waals surface area contributed by atoms with Gasteiger partial charge in [-0.05, 0) is 39.3 Å². The SMILES string of the molecule is Cc1ccc(OCC(C)O[N+](=O)[O-])c(C)c1NC(=O)C(C)N. The largest absolute Gasteiger partial charge is 0.491 e. The van der Waals surface area contributed by atoms with Gasteiger partial charge in [0.25, 0.3) is 5.09 Å². The lowest BCUT2D eigenvalue weighted by Crippen LogP contribution is -2.33. The minimum Gasteiger partial charge on any atom is -0.491 e. The van der Waals surface area contributed by atoms with E-state index < -0.39 is 17.2 Å². The summed E-state index contributed by atoms with van der Waals surface area (Å²) < 4.78 is 5.53. The maximum atomic E-state index is 11.7. The van der Waals surface area contributed by atoms with E-state index in [1.54, 1.807) is 26.0 Å². The number of carbonyl (C=O) groups is 1. The zero-order valence-electron chi connectivity index (χ0n) is 13.1. The highest BCUT2D eigenvalue weighted by Gasteiger charge is 2.15. The quantitative estimate of drug-likeness (QED) is 0.583. The average Bonchev–Trinajstić information content (AvgIpc) is 2.41. The molecular weight excluding hydrogens is 290 g/mol. The molecule has 8 nitrogen and oxygen atoms in total. The molecule has 0 radical (unpaired) electrons. The molecule has 1 aromatic carbocycles. The second-order valence-corrected chi connectivity index (χ2v) is 5.11. The summed E-state index contributed by atoms with van der Waals surface area (Å²) >= 11 is 0. The predicted octanol–water partition coefficient (Wildman–Crippen LogP) is 1.56. The molecule has 0 aliphatic heterocycles. The van der Waals surface area contributed by atoms with E-state index in [0.717, 1.165) is 11.1 Å². The molecule has 22 heavy (non-hydrogen) atoms. The Morgan fingerprint density at radius 1 is 1.41 bits per heavy atom. The van der Waals surface area contributed by atoms with Gasteiger partial charge >= 0.3 is 0 Å². The predicted molar refractivity (Wildman–Crippen MR) is 81.2 cm³/mol. The number of nitrogens with one attached hydrogen (secondary N) is 1. The van der Waals surface area contributed by atoms with Crippen molar-refractivity contribution >= 4 is 11.6 Å². The summed E-state index contributed by atoms with van der Waals surface area (Å²) in [4.78, 5) is 26.4. The van der Waals surface area contributed by atoms with E-state index in [9.17, 15) is 14.9 Å². The number of hydrogen-bond acceptors (Lipinski definition) is 6. The summed E-state index contributed by atoms with van der Waals surface area (Å²) in [6, 6.07) is 2.90. The van der Waals surface area contributed by atoms with Gasteiger partial charge in [-0.3, -0.25) is 4.79 Å². The first-order chi connectivity index (χ1) is 10.2. The number of amides is 1. The third kappa shape index (κ3) is 4.88. The van der Waals surface area contributed by atoms with Gasteiger partial charge in [0.05, 0.1) is 11.7 Å². The minimum atomic E-state index is -0.857. The molecule has 0 bridgehead atoms. The molecule has 0 aromatic heterocycles. The van der Waals surface area contributed by atoms with E-state index >= 15 is 0 Å². The van der Waals surface area contributed by atoms with E-state index in [1.807, 2.05) is 6.92 Å². The fraction of sp³-hybridized carbons (Fsp3) is 0.500. The molecule has 0 saturated carbocycles. The van der Waals surface area contributed by atoms with Crippen LogP contribution in [0.1, 0.15) is 25.0 Å². The third-order valence-electron chi connectivity index (χ3n) is 3.02. The van der Waals surface area contributed by atoms with Crippen molar-refractivity contribution in [3.05, 3.63) is 33.4 Å². The van der Waals surface area contributed by atoms with Gasteiger partial charge in [0.1, 0.15) is 18.5 Å². The molecule has 8 heteroatoms. The van der Waals surface area contributed by atoms with Gasteiger partial charge < -0.3 is 20.6 Å². The smallest absolute Gasteiger partial charge is 0.294 e. The van der Waals surface area contributed by atoms with E-state index in [-0.39, 0.29) is 12.5 Å². The summed E-state index contributed by atoms with van der Waals surface area (Å²) in [7, 11) is 0. The van der Waals surface area contributed by atoms with E-state index in [4.69, 9.17) is 10.5 Å². The van der Waals surface area contributed by atoms with Crippen LogP contribution in [0.25, 0.3) is 0 Å². The molecule has 0 fully saturated rings. The lowest BCUT2D eigenvalue weighted by Gasteiger charge is -2.18. The fourth-order valence-corrected chi connectivity index (χ4v) is 1.80. The molecule has 0 spiro atoms. The Morgan fingerprint density at radius 3 is 2.59 bits per heavy atom. The first kappa shape index (κ1) is 17.7. The number of nitrogens with zero attached hydrogens (tertiary/aromatic N) is 1. The number of ether oxygens (including phenoxy) is 1. The standard InChI is InChI=1S/C14H21N3O5/c1-8-5-6-12(21-7-9(2)22-17(19)20)10(3)13(8)16-14(18)11(4)15/h5-6,9,11H,7,15H2,1-4H3,(H,16,18). The Morgan fingerprint density at radius 2 is 2.05 bits per heavy atom. The van der Waals surface area contributed by atoms with Gasteiger partial charge in [0, 0.05) is 5.56 Å². The second kappa shape index (κ2) is 7.60. The Kier molecular flexibility index (Phi) is 6.11. The minimum absolute atomic E-state index is 0.0194. The van der Waals surface area contributed by atoms with Crippen LogP contribution >= 0.6 is 0 Å². The summed E-state index contributed by atoms with van der Waals surface area (Å²) in [5.41, 5.74) is 7.76. The van der Waals surface area contributed by atoms with Crippen molar-refractivity contribution in [2.45, 2.75) is 39.8 Å². The number of aryl methyl sites for hydroxylation is 1. The highest BCUT2D eigenvalue weighted by atomic mass is 17.0. The highest BCUT2D eigenvalue weighted by molar-refractivity contribution is 5.96. The lowest BCUT2D eigenvalue weighted by molar-refractivity contribution is -0.767. The fourth-order valence-electron chi connectivity index (χ4n) is 1.80. The monoisotopic (exact) mass is 311 g/mol. The summed E-state index contributed by atoms with van der Waals surface area (Å²) in [6.45, 7) is 6.79. The molecule has 2 atom stereocenters. The van der Waals surface area contributed by atoms with E-state index in [0.29, 0.717) is 11.4 Å². The van der Waals surface area contributed by atoms with Crippen molar-refractivity contribution in [3.63, 3.8) is 0 Å². The second-order valence-electron chi connectivity index (χ2n) is 5.11. The molecule has 0 saturated heterocycles. The lowest BCUT2D eigenvalue weighted by atomic mass is 10.1. The molecular formula is C14H21N3O5. The normalized spacial score (nSPS) is 13.1. The van der Waals surface area contributed by atoms with Crippen LogP contribution in [0.2, 0.25) is 0 Å². The van der Waals surface area contributed by atoms with Crippen LogP contribution < -0.4 is 15.8 Å². The van der Waals surface area contributed by atoms with Crippen LogP contribution in [0.3, 0.4) is 0 Å². The maximum Gasteiger partial charge on any atom is 0.294 e. The molecule has 0 aliphatic carbocycles. The number of nitrogens with two attached hydrogens (primary N) is 1. The molecule has 122 valence electrons. The summed E-state index contributed by atoms with van der Waals surface area (Å²) in [5, 5.41) is 12.1. The van der Waals surface area contributed by atoms with Gasteiger partial charge in [-0.2, -0.15) is 0 Å². The number of rotatable bonds is 7. The van der Waals surface area contributed by atoms with Gasteiger partial charge in [0.15, 0.2) is 0 Å². The van der Waals surface area contributed by atoms with Crippen molar-refractivity contribution in [3.8, 4) is 5.75 Å². The Balaban J connectivity index is 2.85. The number of anilines is 1. The first-order valence-electron chi connectivity index (χ1n) is 6.83. The van der Waals surface area contributed by atoms with E-state index in [1.165, 1.54) is 6.92 Å². The maximum absolute atomic E-state index is 11.7. The van der Waals surface area contributed by atoms with Crippen molar-refractivity contribution < 1.29 is 19.5 Å². The average molecular weight is 311 g/mol. The molecule has 0 aliphatic rings. The molecule has 1 rings (SSSR count). The van der Waals surface area contributed by atoms with Crippen LogP contribution in [-0.2, 0) is 9.63 Å². The summed E-state index contributed by atoms with van der Waals surface area (Å²) in [5.74, 6) is 0.220. The first-order valence-corrected chi connectivity index (χ1v) is 6.83. The van der Waals surface area contributed by atoms with Crippen molar-refractivity contribution in [1.82, 2.24) is 0 Å². The molecule has 1 amide bonds. The van der Waals surface area contributed by atoms with Crippen molar-refractivity contribution in [2.75, 3.05) is 11.9 Å². The number of benzene rings is 1. The Labute approximate surface area is 128 Å². The van der Waals surface area contributed by atoms with Crippen molar-refractivity contribution in [2.24, 2.45) is 5.73 Å². The van der Waals surface area contributed by atoms with E-state index in [2.05, 4.69) is 10.2 Å². The van der Waals surface area contributed by atoms with Crippen molar-refractivity contribution in [1.29, 1.82) is 0 Å². The Hall–Kier alpha value is -2.35. The highest BCUT2D eigenvalue weighted by Crippen LogP contribution is 2.29. The van der Waals surface area contributed by atoms with Gasteiger partial charge in [-0.15, -0.1) is 10.1 Å². The topological polar surface area (TPSA) is 117 Å². The molecule has 0 heterocycles. The van der Waals surface area contributed by atoms with Crippen LogP contribution in [0.15, 0.2) is 12.1 Å². The zero-order valence-corrected chi connectivity index (χ0v) is 13.1. The molecule has 2 unspecified atom stereocenters. The van der Waals surface area contributed by atoms with Crippen LogP contribution in [0.5, 0.6) is 5.75 Å². The van der Waals surface area contributed by atoms with Crippen LogP contribution in [-0.4, -0.2) is 29.7 Å². The summed E-state index contributed by atoms with van der Waals surface area (Å²) in [6.07, 6.45) is -0.696. The Bertz CT molecular complexity index is 560. The van der Waals surface area contributed by atoms with Gasteiger partial charge in [-0.25, -0.2) is 0 Å². The van der Waals surface area contributed by atoms with Gasteiger partial charge in [0.2, 0.25) is 5.91 Å². The number of hydrogen-bond donors (Lipinski definition) is 2. The zero-order chi connectivity index (χ0) is 16.9. The molecule has 1 aromatic rings. The molecule has 3 N–H and O–H groups in total. The number of carbonyl (C=O) groups excluding carboxylic acids is 1. The van der Waals surface area contributed by atoms with Crippen LogP contribution in [0, 0.1) is 24.0 Å². The van der Waals surface area contributed by atoms with Gasteiger partial charge in [-0.1, -0.05) is 6.07 Å². The van der Waals surface area contributed by atoms with Crippen LogP contribution in [0.4, 0.5) is 5.69 Å².